The average molecular weight is 348 g/mol. The molecule has 4 aromatic rings. The second-order valence-electron chi connectivity index (χ2n) is 5.98. The summed E-state index contributed by atoms with van der Waals surface area (Å²) < 4.78 is 18.4. The molecule has 2 aromatic carbocycles. The molecule has 0 saturated heterocycles. The normalized spacial score (nSPS) is 11.0. The van der Waals surface area contributed by atoms with E-state index in [2.05, 4.69) is 15.3 Å². The minimum Gasteiger partial charge on any atom is -0.467 e. The average Bonchev–Trinajstić information content (AvgIpc) is 3.15. The summed E-state index contributed by atoms with van der Waals surface area (Å²) in [6.07, 6.45) is 2.25. The number of nitrogens with zero attached hydrogens (tertiary/aromatic N) is 2. The Morgan fingerprint density at radius 2 is 1.85 bits per heavy atom. The maximum absolute atomic E-state index is 13.1. The Morgan fingerprint density at radius 3 is 2.62 bits per heavy atom. The summed E-state index contributed by atoms with van der Waals surface area (Å²) >= 11 is 0. The molecule has 0 atom stereocenters. The number of rotatable bonds is 5. The molecule has 0 fully saturated rings. The largest absolute Gasteiger partial charge is 0.467 e. The van der Waals surface area contributed by atoms with Crippen molar-refractivity contribution in [3.63, 3.8) is 0 Å². The minimum atomic E-state index is -0.248. The first-order valence-electron chi connectivity index (χ1n) is 8.25. The third-order valence-corrected chi connectivity index (χ3v) is 4.15. The van der Waals surface area contributed by atoms with Crippen molar-refractivity contribution in [2.75, 3.05) is 11.1 Å². The van der Waals surface area contributed by atoms with Crippen LogP contribution in [0.5, 0.6) is 0 Å². The third-order valence-electron chi connectivity index (χ3n) is 4.15. The molecule has 26 heavy (non-hydrogen) atoms. The highest BCUT2D eigenvalue weighted by Crippen LogP contribution is 2.26. The van der Waals surface area contributed by atoms with Crippen molar-refractivity contribution in [2.45, 2.75) is 13.0 Å². The van der Waals surface area contributed by atoms with Crippen LogP contribution in [0.4, 0.5) is 16.2 Å². The van der Waals surface area contributed by atoms with Crippen LogP contribution in [0.25, 0.3) is 10.9 Å². The van der Waals surface area contributed by atoms with Crippen LogP contribution in [0.1, 0.15) is 16.9 Å². The van der Waals surface area contributed by atoms with Gasteiger partial charge in [0.1, 0.15) is 17.4 Å². The molecule has 3 N–H and O–H groups in total. The van der Waals surface area contributed by atoms with Gasteiger partial charge in [-0.2, -0.15) is 4.98 Å². The maximum atomic E-state index is 13.1. The molecule has 0 aliphatic heterocycles. The number of benzene rings is 2. The number of nitrogen functional groups attached to an aromatic ring is 1. The molecule has 0 spiro atoms. The minimum absolute atomic E-state index is 0.248. The summed E-state index contributed by atoms with van der Waals surface area (Å²) in [5.74, 6) is 1.40. The number of anilines is 2. The smallest absolute Gasteiger partial charge is 0.225 e. The quantitative estimate of drug-likeness (QED) is 0.567. The number of nitrogens with one attached hydrogen (secondary N) is 1. The number of nitrogens with two attached hydrogens (primary N) is 1. The summed E-state index contributed by atoms with van der Waals surface area (Å²) in [6, 6.07) is 16.0. The number of furan rings is 1. The summed E-state index contributed by atoms with van der Waals surface area (Å²) in [7, 11) is 0. The molecule has 0 aliphatic carbocycles. The molecule has 130 valence electrons. The molecule has 0 bridgehead atoms. The van der Waals surface area contributed by atoms with Gasteiger partial charge in [0.2, 0.25) is 5.95 Å². The van der Waals surface area contributed by atoms with Gasteiger partial charge in [0.15, 0.2) is 0 Å². The van der Waals surface area contributed by atoms with Crippen LogP contribution < -0.4 is 11.1 Å². The van der Waals surface area contributed by atoms with Gasteiger partial charge >= 0.3 is 0 Å². The van der Waals surface area contributed by atoms with Crippen molar-refractivity contribution in [3.8, 4) is 0 Å². The number of hydrogen-bond acceptors (Lipinski definition) is 5. The lowest BCUT2D eigenvalue weighted by Crippen LogP contribution is -2.06. The zero-order chi connectivity index (χ0) is 17.9. The van der Waals surface area contributed by atoms with Gasteiger partial charge in [0.05, 0.1) is 18.3 Å². The van der Waals surface area contributed by atoms with E-state index in [-0.39, 0.29) is 5.82 Å². The van der Waals surface area contributed by atoms with Crippen LogP contribution >= 0.6 is 0 Å². The first kappa shape index (κ1) is 16.1. The van der Waals surface area contributed by atoms with Crippen molar-refractivity contribution in [1.29, 1.82) is 0 Å². The molecule has 0 amide bonds. The Kier molecular flexibility index (Phi) is 4.23. The van der Waals surface area contributed by atoms with E-state index < -0.39 is 0 Å². The standard InChI is InChI=1S/C20H17FN4O/c21-15-8-6-13(7-9-15)11-14-3-1-5-17-18(14)19(22)25-20(24-17)23-12-16-4-2-10-26-16/h1-10H,11-12H2,(H3,22,23,24,25). The van der Waals surface area contributed by atoms with Crippen LogP contribution in [-0.4, -0.2) is 9.97 Å². The van der Waals surface area contributed by atoms with E-state index in [4.69, 9.17) is 10.2 Å². The van der Waals surface area contributed by atoms with Gasteiger partial charge in [-0.1, -0.05) is 24.3 Å². The highest BCUT2D eigenvalue weighted by molar-refractivity contribution is 5.92. The van der Waals surface area contributed by atoms with Crippen molar-refractivity contribution in [3.05, 3.63) is 83.6 Å². The molecule has 0 unspecified atom stereocenters. The Bertz CT molecular complexity index is 1030. The molecule has 4 rings (SSSR count). The highest BCUT2D eigenvalue weighted by atomic mass is 19.1. The summed E-state index contributed by atoms with van der Waals surface area (Å²) in [5.41, 5.74) is 8.98. The number of halogens is 1. The molecule has 2 heterocycles. The second kappa shape index (κ2) is 6.84. The lowest BCUT2D eigenvalue weighted by molar-refractivity contribution is 0.517. The zero-order valence-electron chi connectivity index (χ0n) is 13.9. The van der Waals surface area contributed by atoms with Crippen molar-refractivity contribution < 1.29 is 8.81 Å². The van der Waals surface area contributed by atoms with E-state index in [0.29, 0.717) is 24.7 Å². The van der Waals surface area contributed by atoms with Crippen molar-refractivity contribution in [2.24, 2.45) is 0 Å². The van der Waals surface area contributed by atoms with Gasteiger partial charge in [-0.15, -0.1) is 0 Å². The number of aromatic nitrogens is 2. The van der Waals surface area contributed by atoms with Crippen LogP contribution in [-0.2, 0) is 13.0 Å². The van der Waals surface area contributed by atoms with Crippen LogP contribution in [0.15, 0.2) is 65.3 Å². The van der Waals surface area contributed by atoms with E-state index in [1.54, 1.807) is 18.4 Å². The molecule has 6 heteroatoms. The molecule has 0 radical (unpaired) electrons. The predicted molar refractivity (Wildman–Crippen MR) is 99.2 cm³/mol. The van der Waals surface area contributed by atoms with Crippen LogP contribution in [0.3, 0.4) is 0 Å². The fraction of sp³-hybridized carbons (Fsp3) is 0.100. The third kappa shape index (κ3) is 3.35. The fourth-order valence-corrected chi connectivity index (χ4v) is 2.91. The SMILES string of the molecule is Nc1nc(NCc2ccco2)nc2cccc(Cc3ccc(F)cc3)c12. The summed E-state index contributed by atoms with van der Waals surface area (Å²) in [5, 5.41) is 3.94. The molecule has 2 aromatic heterocycles. The topological polar surface area (TPSA) is 77.0 Å². The summed E-state index contributed by atoms with van der Waals surface area (Å²) in [6.45, 7) is 0.479. The highest BCUT2D eigenvalue weighted by Gasteiger charge is 2.10. The molecular formula is C20H17FN4O. The van der Waals surface area contributed by atoms with Crippen LogP contribution in [0.2, 0.25) is 0 Å². The Labute approximate surface area is 149 Å². The second-order valence-corrected chi connectivity index (χ2v) is 5.98. The number of fused-ring (bicyclic) bond motifs is 1. The zero-order valence-corrected chi connectivity index (χ0v) is 13.9. The first-order valence-corrected chi connectivity index (χ1v) is 8.25. The van der Waals surface area contributed by atoms with Gasteiger partial charge < -0.3 is 15.5 Å². The molecule has 5 nitrogen and oxygen atoms in total. The van der Waals surface area contributed by atoms with E-state index >= 15 is 0 Å². The predicted octanol–water partition coefficient (Wildman–Crippen LogP) is 4.15. The molecule has 0 aliphatic rings. The monoisotopic (exact) mass is 348 g/mol. The Balaban J connectivity index is 1.64. The van der Waals surface area contributed by atoms with Crippen molar-refractivity contribution in [1.82, 2.24) is 9.97 Å². The first-order chi connectivity index (χ1) is 12.7. The van der Waals surface area contributed by atoms with Gasteiger partial charge in [0.25, 0.3) is 0 Å². The fourth-order valence-electron chi connectivity index (χ4n) is 2.91. The Hall–Kier alpha value is -3.41. The van der Waals surface area contributed by atoms with Gasteiger partial charge in [-0.05, 0) is 47.9 Å². The van der Waals surface area contributed by atoms with Gasteiger partial charge in [-0.25, -0.2) is 9.37 Å². The van der Waals surface area contributed by atoms with Crippen molar-refractivity contribution >= 4 is 22.7 Å². The van der Waals surface area contributed by atoms with E-state index in [1.807, 2.05) is 30.3 Å². The maximum Gasteiger partial charge on any atom is 0.225 e. The summed E-state index contributed by atoms with van der Waals surface area (Å²) in [4.78, 5) is 8.92. The number of hydrogen-bond donors (Lipinski definition) is 2. The van der Waals surface area contributed by atoms with Gasteiger partial charge in [0, 0.05) is 5.39 Å². The van der Waals surface area contributed by atoms with E-state index in [0.717, 1.165) is 27.8 Å². The molecule has 0 saturated carbocycles. The van der Waals surface area contributed by atoms with Gasteiger partial charge in [-0.3, -0.25) is 0 Å². The van der Waals surface area contributed by atoms with E-state index in [9.17, 15) is 4.39 Å². The van der Waals surface area contributed by atoms with Crippen LogP contribution in [0, 0.1) is 5.82 Å². The van der Waals surface area contributed by atoms with E-state index in [1.165, 1.54) is 12.1 Å². The lowest BCUT2D eigenvalue weighted by Gasteiger charge is -2.11. The molecular weight excluding hydrogens is 331 g/mol. The lowest BCUT2D eigenvalue weighted by atomic mass is 10.0. The Morgan fingerprint density at radius 1 is 1.00 bits per heavy atom.